The number of aliphatic hydroxyl groups excluding tert-OH is 1. The largest absolute Gasteiger partial charge is 0.395 e. The number of hydrogen-bond acceptors (Lipinski definition) is 10. The van der Waals surface area contributed by atoms with Crippen LogP contribution >= 0.6 is 0 Å². The van der Waals surface area contributed by atoms with E-state index in [1.54, 1.807) is 19.1 Å². The van der Waals surface area contributed by atoms with Gasteiger partial charge in [-0.1, -0.05) is 0 Å². The molecule has 11 nitrogen and oxygen atoms in total. The van der Waals surface area contributed by atoms with Crippen molar-refractivity contribution in [2.45, 2.75) is 0 Å². The third kappa shape index (κ3) is 5.70. The number of aliphatic hydroxyl groups is 1. The molecular weight excluding hydrogens is 356 g/mol. The summed E-state index contributed by atoms with van der Waals surface area (Å²) in [6.07, 6.45) is 1.37. The van der Waals surface area contributed by atoms with Crippen LogP contribution in [0.2, 0.25) is 0 Å². The van der Waals surface area contributed by atoms with Crippen LogP contribution in [0.4, 0.5) is 17.3 Å². The molecule has 1 aromatic rings. The minimum Gasteiger partial charge on any atom is -0.395 e. The Morgan fingerprint density at radius 3 is 2.33 bits per heavy atom. The SMILES string of the molecule is COCCN(CCOC)c1ncnc(N2CCN(CCO)CC2)c1[N+](=O)[O-]. The van der Waals surface area contributed by atoms with Gasteiger partial charge in [0.25, 0.3) is 0 Å². The molecule has 0 unspecified atom stereocenters. The van der Waals surface area contributed by atoms with E-state index in [0.717, 1.165) is 0 Å². The summed E-state index contributed by atoms with van der Waals surface area (Å²) in [7, 11) is 3.17. The number of aromatic nitrogens is 2. The van der Waals surface area contributed by atoms with Crippen LogP contribution in [0.15, 0.2) is 6.33 Å². The minimum absolute atomic E-state index is 0.0969. The zero-order valence-corrected chi connectivity index (χ0v) is 15.9. The number of piperazine rings is 1. The third-order valence-corrected chi connectivity index (χ3v) is 4.48. The second kappa shape index (κ2) is 10.9. The highest BCUT2D eigenvalue weighted by atomic mass is 16.6. The maximum Gasteiger partial charge on any atom is 0.353 e. The topological polar surface area (TPSA) is 117 Å². The van der Waals surface area contributed by atoms with Crippen LogP contribution in [-0.4, -0.2) is 105 Å². The van der Waals surface area contributed by atoms with Gasteiger partial charge in [-0.15, -0.1) is 0 Å². The lowest BCUT2D eigenvalue weighted by Gasteiger charge is -2.35. The van der Waals surface area contributed by atoms with Gasteiger partial charge in [-0.2, -0.15) is 0 Å². The van der Waals surface area contributed by atoms with Crippen molar-refractivity contribution >= 4 is 17.3 Å². The van der Waals surface area contributed by atoms with Crippen LogP contribution in [0.1, 0.15) is 0 Å². The first-order valence-corrected chi connectivity index (χ1v) is 8.92. The van der Waals surface area contributed by atoms with E-state index in [-0.39, 0.29) is 18.1 Å². The molecule has 0 saturated carbocycles. The first-order valence-electron chi connectivity index (χ1n) is 8.92. The number of rotatable bonds is 11. The summed E-state index contributed by atoms with van der Waals surface area (Å²) >= 11 is 0. The molecule has 2 rings (SSSR count). The third-order valence-electron chi connectivity index (χ3n) is 4.48. The summed E-state index contributed by atoms with van der Waals surface area (Å²) in [6, 6.07) is 0. The highest BCUT2D eigenvalue weighted by Crippen LogP contribution is 2.34. The van der Waals surface area contributed by atoms with Gasteiger partial charge in [-0.05, 0) is 0 Å². The number of methoxy groups -OCH3 is 2. The summed E-state index contributed by atoms with van der Waals surface area (Å²) in [5, 5.41) is 20.9. The molecule has 11 heteroatoms. The van der Waals surface area contributed by atoms with Gasteiger partial charge in [0, 0.05) is 60.0 Å². The second-order valence-corrected chi connectivity index (χ2v) is 6.15. The van der Waals surface area contributed by atoms with Crippen molar-refractivity contribution in [3.8, 4) is 0 Å². The van der Waals surface area contributed by atoms with Crippen LogP contribution in [0.25, 0.3) is 0 Å². The number of nitrogens with zero attached hydrogens (tertiary/aromatic N) is 6. The molecule has 152 valence electrons. The standard InChI is InChI=1S/C16H28N6O5/c1-26-11-8-21(9-12-27-2)16-14(22(24)25)15(17-13-18-16)20-5-3-19(4-6-20)7-10-23/h13,23H,3-12H2,1-2H3. The second-order valence-electron chi connectivity index (χ2n) is 6.15. The normalized spacial score (nSPS) is 15.1. The molecule has 0 spiro atoms. The van der Waals surface area contributed by atoms with Gasteiger partial charge in [-0.3, -0.25) is 15.0 Å². The van der Waals surface area contributed by atoms with Crippen molar-refractivity contribution in [2.24, 2.45) is 0 Å². The molecule has 1 N–H and O–H groups in total. The number of anilines is 2. The molecule has 1 aromatic heterocycles. The average molecular weight is 384 g/mol. The Kier molecular flexibility index (Phi) is 8.58. The zero-order valence-electron chi connectivity index (χ0n) is 15.9. The van der Waals surface area contributed by atoms with Gasteiger partial charge in [0.05, 0.1) is 24.7 Å². The monoisotopic (exact) mass is 384 g/mol. The minimum atomic E-state index is -0.419. The molecule has 2 heterocycles. The Balaban J connectivity index is 2.28. The van der Waals surface area contributed by atoms with E-state index in [2.05, 4.69) is 14.9 Å². The molecule has 1 aliphatic heterocycles. The smallest absolute Gasteiger partial charge is 0.353 e. The number of ether oxygens (including phenoxy) is 2. The molecule has 27 heavy (non-hydrogen) atoms. The van der Waals surface area contributed by atoms with Gasteiger partial charge in [0.15, 0.2) is 0 Å². The van der Waals surface area contributed by atoms with E-state index in [0.29, 0.717) is 64.8 Å². The Morgan fingerprint density at radius 1 is 1.19 bits per heavy atom. The van der Waals surface area contributed by atoms with Crippen LogP contribution in [-0.2, 0) is 9.47 Å². The van der Waals surface area contributed by atoms with Crippen molar-refractivity contribution in [1.29, 1.82) is 0 Å². The van der Waals surface area contributed by atoms with Gasteiger partial charge in [-0.25, -0.2) is 9.97 Å². The van der Waals surface area contributed by atoms with Crippen LogP contribution in [0.5, 0.6) is 0 Å². The summed E-state index contributed by atoms with van der Waals surface area (Å²) in [5.41, 5.74) is -0.0969. The van der Waals surface area contributed by atoms with E-state index < -0.39 is 4.92 Å². The number of hydrogen-bond donors (Lipinski definition) is 1. The molecule has 0 atom stereocenters. The van der Waals surface area contributed by atoms with Crippen molar-refractivity contribution in [1.82, 2.24) is 14.9 Å². The van der Waals surface area contributed by atoms with Crippen LogP contribution in [0.3, 0.4) is 0 Å². The predicted octanol–water partition coefficient (Wildman–Crippen LogP) is -0.402. The van der Waals surface area contributed by atoms with E-state index >= 15 is 0 Å². The molecule has 0 aromatic carbocycles. The zero-order chi connectivity index (χ0) is 19.6. The van der Waals surface area contributed by atoms with Crippen molar-refractivity contribution < 1.29 is 19.5 Å². The van der Waals surface area contributed by atoms with Gasteiger partial charge >= 0.3 is 5.69 Å². The molecule has 1 saturated heterocycles. The lowest BCUT2D eigenvalue weighted by atomic mass is 10.2. The summed E-state index contributed by atoms with van der Waals surface area (Å²) in [4.78, 5) is 25.7. The van der Waals surface area contributed by atoms with E-state index in [1.165, 1.54) is 6.33 Å². The van der Waals surface area contributed by atoms with E-state index in [4.69, 9.17) is 14.6 Å². The van der Waals surface area contributed by atoms with Crippen molar-refractivity contribution in [3.63, 3.8) is 0 Å². The predicted molar refractivity (Wildman–Crippen MR) is 100 cm³/mol. The van der Waals surface area contributed by atoms with Crippen LogP contribution < -0.4 is 9.80 Å². The highest BCUT2D eigenvalue weighted by Gasteiger charge is 2.31. The summed E-state index contributed by atoms with van der Waals surface area (Å²) in [6.45, 7) is 5.10. The Bertz CT molecular complexity index is 589. The summed E-state index contributed by atoms with van der Waals surface area (Å²) < 4.78 is 10.2. The molecule has 1 aliphatic rings. The van der Waals surface area contributed by atoms with Gasteiger partial charge in [0.2, 0.25) is 11.6 Å². The van der Waals surface area contributed by atoms with E-state index in [1.807, 2.05) is 4.90 Å². The first kappa shape index (κ1) is 21.2. The quantitative estimate of drug-likeness (QED) is 0.399. The van der Waals surface area contributed by atoms with Gasteiger partial charge in [0.1, 0.15) is 6.33 Å². The van der Waals surface area contributed by atoms with Gasteiger partial charge < -0.3 is 24.4 Å². The first-order chi connectivity index (χ1) is 13.1. The fraction of sp³-hybridized carbons (Fsp3) is 0.750. The highest BCUT2D eigenvalue weighted by molar-refractivity contribution is 5.71. The van der Waals surface area contributed by atoms with Crippen molar-refractivity contribution in [3.05, 3.63) is 16.4 Å². The average Bonchev–Trinajstić information content (AvgIpc) is 2.68. The van der Waals surface area contributed by atoms with Crippen LogP contribution in [0, 0.1) is 10.1 Å². The fourth-order valence-corrected chi connectivity index (χ4v) is 3.04. The molecule has 0 bridgehead atoms. The van der Waals surface area contributed by atoms with Crippen molar-refractivity contribution in [2.75, 3.05) is 89.7 Å². The Labute approximate surface area is 158 Å². The Hall–Kier alpha value is -2.08. The summed E-state index contributed by atoms with van der Waals surface area (Å²) in [5.74, 6) is 0.602. The maximum absolute atomic E-state index is 11.9. The Morgan fingerprint density at radius 2 is 1.81 bits per heavy atom. The molecule has 0 aliphatic carbocycles. The molecule has 0 amide bonds. The fourth-order valence-electron chi connectivity index (χ4n) is 3.04. The number of β-amino-alcohol motifs (C(OH)–C–C–N with tert-alkyl or cyclic N) is 1. The molecule has 1 fully saturated rings. The maximum atomic E-state index is 11.9. The van der Waals surface area contributed by atoms with E-state index in [9.17, 15) is 10.1 Å². The molecular formula is C16H28N6O5. The molecule has 0 radical (unpaired) electrons. The lowest BCUT2D eigenvalue weighted by molar-refractivity contribution is -0.383. The number of nitro groups is 1. The lowest BCUT2D eigenvalue weighted by Crippen LogP contribution is -2.47.